The Morgan fingerprint density at radius 2 is 0.602 bits per heavy atom. The Morgan fingerprint density at radius 3 is 0.969 bits per heavy atom. The summed E-state index contributed by atoms with van der Waals surface area (Å²) < 4.78 is 74.8. The van der Waals surface area contributed by atoms with Crippen LogP contribution in [0.2, 0.25) is 0 Å². The number of rotatable bonds is 26. The summed E-state index contributed by atoms with van der Waals surface area (Å²) in [4.78, 5) is 142. The summed E-state index contributed by atoms with van der Waals surface area (Å²) >= 11 is 0. The molecule has 16 bridgehead atoms. The van der Waals surface area contributed by atoms with Crippen LogP contribution in [-0.4, -0.2) is 173 Å². The van der Waals surface area contributed by atoms with Crippen molar-refractivity contribution >= 4 is 71.6 Å². The molecule has 98 heavy (non-hydrogen) atoms. The Labute approximate surface area is 573 Å². The molecule has 24 atom stereocenters. The van der Waals surface area contributed by atoms with Gasteiger partial charge in [0.15, 0.2) is 19.8 Å². The van der Waals surface area contributed by atoms with E-state index in [4.69, 9.17) is 66.3 Å². The van der Waals surface area contributed by atoms with Crippen LogP contribution in [-0.2, 0) is 124 Å². The Bertz CT molecular complexity index is 2840. The summed E-state index contributed by atoms with van der Waals surface area (Å²) in [6.45, 7) is 13.8. The molecule has 0 aromatic carbocycles. The van der Waals surface area contributed by atoms with Gasteiger partial charge in [-0.3, -0.25) is 38.4 Å². The smallest absolute Gasteiger partial charge is 0.344 e. The minimum atomic E-state index is -0.808. The van der Waals surface area contributed by atoms with Crippen LogP contribution in [0, 0.1) is 94.7 Å². The van der Waals surface area contributed by atoms with E-state index in [1.54, 1.807) is 20.8 Å². The van der Waals surface area contributed by atoms with Gasteiger partial charge in [-0.25, -0.2) is 19.2 Å². The lowest BCUT2D eigenvalue weighted by molar-refractivity contribution is -0.179. The van der Waals surface area contributed by atoms with E-state index in [1.165, 1.54) is 0 Å². The summed E-state index contributed by atoms with van der Waals surface area (Å²) in [7, 11) is 0. The minimum absolute atomic E-state index is 0.00972. The molecule has 26 heteroatoms. The van der Waals surface area contributed by atoms with Gasteiger partial charge in [0, 0.05) is 11.8 Å². The SMILES string of the molecule is CCC(C)C(=O)OCC(=O)OC1C2CC3CC(C2)C(=O)OC1C3.CCC(C)C(=O)OCC(=O)OCC(=O)OC1C2CC3CC(C2)C(=O)OC1C3.CCC(C)C(=O)OCCOC(=O)COC1C2CC3CC(C2)C(=O)OC1C3.CCC(C)C(=O)OCCOC1C2CC3CC(C2)C(=O)OC1C3. The molecule has 24 unspecified atom stereocenters. The highest BCUT2D eigenvalue weighted by atomic mass is 16.6. The fraction of sp³-hybridized carbons (Fsp3) is 0.833. The average Bonchev–Trinajstić information content (AvgIpc) is 1.66. The normalized spacial score (nSPS) is 34.6. The maximum atomic E-state index is 12.1. The van der Waals surface area contributed by atoms with Crippen LogP contribution in [0.25, 0.3) is 0 Å². The molecule has 8 aliphatic heterocycles. The van der Waals surface area contributed by atoms with E-state index in [-0.39, 0.29) is 164 Å². The number of hydrogen-bond acceptors (Lipinski definition) is 26. The second-order valence-corrected chi connectivity index (χ2v) is 29.7. The van der Waals surface area contributed by atoms with Crippen LogP contribution < -0.4 is 0 Å². The van der Waals surface area contributed by atoms with E-state index >= 15 is 0 Å². The van der Waals surface area contributed by atoms with Crippen molar-refractivity contribution in [3.05, 3.63) is 0 Å². The van der Waals surface area contributed by atoms with Crippen molar-refractivity contribution < 1.29 is 124 Å². The number of hydrogen-bond donors (Lipinski definition) is 0. The Kier molecular flexibility index (Phi) is 27.2. The third kappa shape index (κ3) is 20.0. The molecule has 0 aromatic rings. The first-order valence-corrected chi connectivity index (χ1v) is 36.3. The summed E-state index contributed by atoms with van der Waals surface area (Å²) in [6, 6.07) is 0. The van der Waals surface area contributed by atoms with Gasteiger partial charge in [-0.15, -0.1) is 0 Å². The number of fused-ring (bicyclic) bond motifs is 4. The molecule has 8 saturated heterocycles. The lowest BCUT2D eigenvalue weighted by Gasteiger charge is -2.41. The second-order valence-electron chi connectivity index (χ2n) is 29.7. The van der Waals surface area contributed by atoms with E-state index in [9.17, 15) is 57.5 Å². The van der Waals surface area contributed by atoms with E-state index in [0.29, 0.717) is 68.3 Å². The van der Waals surface area contributed by atoms with Gasteiger partial charge in [0.1, 0.15) is 63.1 Å². The first-order valence-electron chi connectivity index (χ1n) is 36.3. The largest absolute Gasteiger partial charge is 0.463 e. The lowest BCUT2D eigenvalue weighted by atomic mass is 9.67. The monoisotopic (exact) mass is 1380 g/mol. The zero-order valence-corrected chi connectivity index (χ0v) is 58.3. The average molecular weight is 1390 g/mol. The predicted molar refractivity (Wildman–Crippen MR) is 338 cm³/mol. The second kappa shape index (κ2) is 35.2. The van der Waals surface area contributed by atoms with Crippen LogP contribution in [0.5, 0.6) is 0 Å². The third-order valence-electron chi connectivity index (χ3n) is 22.6. The van der Waals surface area contributed by atoms with Crippen molar-refractivity contribution in [2.45, 2.75) is 233 Å². The van der Waals surface area contributed by atoms with Gasteiger partial charge >= 0.3 is 71.6 Å². The highest BCUT2D eigenvalue weighted by molar-refractivity contribution is 5.81. The van der Waals surface area contributed by atoms with Gasteiger partial charge in [-0.05, 0) is 164 Å². The maximum Gasteiger partial charge on any atom is 0.344 e. The molecule has 26 nitrogen and oxygen atoms in total. The first kappa shape index (κ1) is 75.8. The van der Waals surface area contributed by atoms with Crippen LogP contribution in [0.1, 0.15) is 184 Å². The number of carbonyl (C=O) groups excluding carboxylic acids is 12. The molecule has 0 radical (unpaired) electrons. The molecule has 16 fully saturated rings. The predicted octanol–water partition coefficient (Wildman–Crippen LogP) is 7.43. The van der Waals surface area contributed by atoms with Crippen LogP contribution in [0.15, 0.2) is 0 Å². The van der Waals surface area contributed by atoms with Crippen molar-refractivity contribution in [1.82, 2.24) is 0 Å². The Balaban J connectivity index is 0.000000153. The summed E-state index contributed by atoms with van der Waals surface area (Å²) in [5.74, 6) is -2.14. The zero-order valence-electron chi connectivity index (χ0n) is 58.3. The Morgan fingerprint density at radius 1 is 0.316 bits per heavy atom. The standard InChI is InChI=1S/C19H26O8.C19H28O7.C17H24O6.C17H26O5/c1-3-10(2)18(22)25-8-15(20)24-9-16(21)27-17-12-4-11-5-13(7-12)19(23)26-14(17)6-11;1-3-11(2)18(21)24-5-4-23-16(20)10-25-17-13-6-12-7-14(9-13)19(22)26-15(17)8-12;1-3-9(2)16(19)21-8-14(18)23-15-11-4-10-5-12(7-11)17(20)22-13(15)6-10;1-3-10(2)16(18)21-5-4-20-15-12-6-11-7-13(9-12)17(19)22-14(15)8-11/h10-14,17H,3-9H2,1-2H3;11-15,17H,3-10H2,1-2H3;9-13,15H,3-8H2,1-2H3;10-15H,3-9H2,1-2H3. The van der Waals surface area contributed by atoms with E-state index < -0.39 is 67.3 Å². The molecule has 8 aliphatic carbocycles. The van der Waals surface area contributed by atoms with Gasteiger partial charge in [0.05, 0.1) is 66.2 Å². The molecule has 0 spiro atoms. The molecule has 8 heterocycles. The molecule has 0 amide bonds. The molecule has 8 saturated carbocycles. The molecular weight excluding hydrogens is 1280 g/mol. The number of carbonyl (C=O) groups is 12. The first-order chi connectivity index (χ1) is 46.9. The van der Waals surface area contributed by atoms with Gasteiger partial charge < -0.3 is 66.3 Å². The lowest BCUT2D eigenvalue weighted by Crippen LogP contribution is -2.45. The van der Waals surface area contributed by atoms with E-state index in [2.05, 4.69) is 0 Å². The van der Waals surface area contributed by atoms with Crippen molar-refractivity contribution in [3.8, 4) is 0 Å². The summed E-state index contributed by atoms with van der Waals surface area (Å²) in [5.41, 5.74) is 0. The fourth-order valence-corrected chi connectivity index (χ4v) is 16.8. The van der Waals surface area contributed by atoms with Gasteiger partial charge in [-0.1, -0.05) is 55.4 Å². The topological polar surface area (TPSA) is 334 Å². The minimum Gasteiger partial charge on any atom is -0.463 e. The third-order valence-corrected chi connectivity index (χ3v) is 22.6. The molecule has 548 valence electrons. The highest BCUT2D eigenvalue weighted by Gasteiger charge is 2.55. The fourth-order valence-electron chi connectivity index (χ4n) is 16.8. The van der Waals surface area contributed by atoms with Crippen molar-refractivity contribution in [1.29, 1.82) is 0 Å². The van der Waals surface area contributed by atoms with Crippen LogP contribution >= 0.6 is 0 Å². The summed E-state index contributed by atoms with van der Waals surface area (Å²) in [5, 5.41) is 0. The molecule has 0 aromatic heterocycles. The zero-order chi connectivity index (χ0) is 70.5. The van der Waals surface area contributed by atoms with Gasteiger partial charge in [0.25, 0.3) is 0 Å². The molecular formula is C72H104O26. The summed E-state index contributed by atoms with van der Waals surface area (Å²) in [6.07, 6.45) is 14.6. The number of esters is 12. The van der Waals surface area contributed by atoms with Crippen molar-refractivity contribution in [3.63, 3.8) is 0 Å². The van der Waals surface area contributed by atoms with Gasteiger partial charge in [-0.2, -0.15) is 0 Å². The molecule has 16 rings (SSSR count). The van der Waals surface area contributed by atoms with Crippen LogP contribution in [0.3, 0.4) is 0 Å². The van der Waals surface area contributed by atoms with Crippen molar-refractivity contribution in [2.24, 2.45) is 94.7 Å². The van der Waals surface area contributed by atoms with E-state index in [1.807, 2.05) is 34.6 Å². The molecule has 16 aliphatic rings. The van der Waals surface area contributed by atoms with Crippen LogP contribution in [0.4, 0.5) is 0 Å². The maximum absolute atomic E-state index is 12.1. The van der Waals surface area contributed by atoms with E-state index in [0.717, 1.165) is 96.3 Å². The number of ether oxygens (including phenoxy) is 14. The van der Waals surface area contributed by atoms with Crippen molar-refractivity contribution in [2.75, 3.05) is 52.9 Å². The Hall–Kier alpha value is -6.44. The van der Waals surface area contributed by atoms with Gasteiger partial charge in [0.2, 0.25) is 0 Å². The highest BCUT2D eigenvalue weighted by Crippen LogP contribution is 2.52. The quantitative estimate of drug-likeness (QED) is 0.0461. The molecule has 0 N–H and O–H groups in total.